The average molecular weight is 381 g/mol. The number of nitrogens with zero attached hydrogens (tertiary/aromatic N) is 1. The van der Waals surface area contributed by atoms with E-state index in [1.165, 1.54) is 13.0 Å². The van der Waals surface area contributed by atoms with Crippen molar-refractivity contribution in [2.45, 2.75) is 13.0 Å². The minimum absolute atomic E-state index is 0.410. The summed E-state index contributed by atoms with van der Waals surface area (Å²) in [6, 6.07) is 16.3. The van der Waals surface area contributed by atoms with Gasteiger partial charge in [-0.05, 0) is 31.2 Å². The highest BCUT2D eigenvalue weighted by Gasteiger charge is 2.17. The Kier molecular flexibility index (Phi) is 5.84. The van der Waals surface area contributed by atoms with Crippen molar-refractivity contribution < 1.29 is 14.3 Å². The number of halogens is 1. The van der Waals surface area contributed by atoms with Crippen LogP contribution in [-0.4, -0.2) is 23.0 Å². The summed E-state index contributed by atoms with van der Waals surface area (Å²) in [6.45, 7) is 1.50. The standard InChI is InChI=1S/C21H17ClN2O3/c1-14(21(26)24-18-10-3-2-9-17(18)22)27-19(25)12-11-16-7-4-6-15-8-5-13-23-20(15)16/h2-14H,1H3,(H,24,26)/b12-11+. The molecule has 0 spiro atoms. The summed E-state index contributed by atoms with van der Waals surface area (Å²) in [5.41, 5.74) is 2.04. The second-order valence-corrected chi connectivity index (χ2v) is 6.21. The van der Waals surface area contributed by atoms with Crippen molar-refractivity contribution in [3.05, 3.63) is 77.5 Å². The molecule has 0 radical (unpaired) electrons. The van der Waals surface area contributed by atoms with Gasteiger partial charge in [0.15, 0.2) is 6.10 Å². The number of rotatable bonds is 5. The molecule has 1 atom stereocenters. The molecule has 1 unspecified atom stereocenters. The molecule has 3 aromatic rings. The summed E-state index contributed by atoms with van der Waals surface area (Å²) in [5.74, 6) is -1.08. The normalized spacial score (nSPS) is 12.1. The maximum atomic E-state index is 12.2. The van der Waals surface area contributed by atoms with Gasteiger partial charge in [0.05, 0.1) is 16.2 Å². The van der Waals surface area contributed by atoms with Crippen molar-refractivity contribution in [1.82, 2.24) is 4.98 Å². The summed E-state index contributed by atoms with van der Waals surface area (Å²) < 4.78 is 5.16. The van der Waals surface area contributed by atoms with Gasteiger partial charge in [0.25, 0.3) is 5.91 Å². The van der Waals surface area contributed by atoms with Crippen LogP contribution < -0.4 is 5.32 Å². The van der Waals surface area contributed by atoms with E-state index in [1.54, 1.807) is 36.5 Å². The third-order valence-corrected chi connectivity index (χ3v) is 4.19. The summed E-state index contributed by atoms with van der Waals surface area (Å²) in [7, 11) is 0. The molecule has 0 aliphatic rings. The molecule has 0 saturated heterocycles. The van der Waals surface area contributed by atoms with Crippen LogP contribution in [0.5, 0.6) is 0 Å². The highest BCUT2D eigenvalue weighted by molar-refractivity contribution is 6.33. The molecule has 6 heteroatoms. The number of carbonyl (C=O) groups excluding carboxylic acids is 2. The van der Waals surface area contributed by atoms with E-state index in [1.807, 2.05) is 30.3 Å². The molecule has 1 N–H and O–H groups in total. The maximum absolute atomic E-state index is 12.2. The van der Waals surface area contributed by atoms with Gasteiger partial charge in [-0.1, -0.05) is 48.0 Å². The van der Waals surface area contributed by atoms with E-state index in [4.69, 9.17) is 16.3 Å². The van der Waals surface area contributed by atoms with Crippen LogP contribution in [0.25, 0.3) is 17.0 Å². The number of hydrogen-bond donors (Lipinski definition) is 1. The molecular weight excluding hydrogens is 364 g/mol. The van der Waals surface area contributed by atoms with Gasteiger partial charge >= 0.3 is 5.97 Å². The third-order valence-electron chi connectivity index (χ3n) is 3.86. The quantitative estimate of drug-likeness (QED) is 0.523. The fourth-order valence-corrected chi connectivity index (χ4v) is 2.67. The van der Waals surface area contributed by atoms with Gasteiger partial charge < -0.3 is 10.1 Å². The van der Waals surface area contributed by atoms with Crippen molar-refractivity contribution in [1.29, 1.82) is 0 Å². The summed E-state index contributed by atoms with van der Waals surface area (Å²) >= 11 is 6.00. The number of benzene rings is 2. The molecule has 5 nitrogen and oxygen atoms in total. The summed E-state index contributed by atoms with van der Waals surface area (Å²) in [5, 5.41) is 4.01. The number of nitrogens with one attached hydrogen (secondary N) is 1. The Bertz CT molecular complexity index is 1010. The topological polar surface area (TPSA) is 68.3 Å². The number of para-hydroxylation sites is 2. The Morgan fingerprint density at radius 2 is 1.89 bits per heavy atom. The summed E-state index contributed by atoms with van der Waals surface area (Å²) in [6.07, 6.45) is 3.63. The molecule has 0 bridgehead atoms. The predicted molar refractivity (Wildman–Crippen MR) is 106 cm³/mol. The van der Waals surface area contributed by atoms with Gasteiger partial charge in [-0.25, -0.2) is 4.79 Å². The fourth-order valence-electron chi connectivity index (χ4n) is 2.48. The van der Waals surface area contributed by atoms with E-state index in [0.717, 1.165) is 16.5 Å². The predicted octanol–water partition coefficient (Wildman–Crippen LogP) is 4.47. The molecule has 1 amide bonds. The first-order valence-electron chi connectivity index (χ1n) is 8.32. The number of ether oxygens (including phenoxy) is 1. The summed E-state index contributed by atoms with van der Waals surface area (Å²) in [4.78, 5) is 28.5. The molecule has 1 aromatic heterocycles. The first-order chi connectivity index (χ1) is 13.0. The number of amides is 1. The minimum atomic E-state index is -0.968. The van der Waals surface area contributed by atoms with Crippen LogP contribution in [0, 0.1) is 0 Å². The van der Waals surface area contributed by atoms with Gasteiger partial charge in [0, 0.05) is 23.2 Å². The van der Waals surface area contributed by atoms with E-state index in [0.29, 0.717) is 10.7 Å². The molecule has 2 aromatic carbocycles. The Labute approximate surface area is 161 Å². The maximum Gasteiger partial charge on any atom is 0.331 e. The smallest absolute Gasteiger partial charge is 0.331 e. The van der Waals surface area contributed by atoms with Crippen LogP contribution in [0.15, 0.2) is 66.9 Å². The number of fused-ring (bicyclic) bond motifs is 1. The number of esters is 1. The number of carbonyl (C=O) groups is 2. The largest absolute Gasteiger partial charge is 0.449 e. The van der Waals surface area contributed by atoms with Gasteiger partial charge in [-0.2, -0.15) is 0 Å². The molecule has 3 rings (SSSR count). The third kappa shape index (κ3) is 4.71. The lowest BCUT2D eigenvalue weighted by molar-refractivity contribution is -0.148. The lowest BCUT2D eigenvalue weighted by Gasteiger charge is -2.13. The minimum Gasteiger partial charge on any atom is -0.449 e. The Hall–Kier alpha value is -3.18. The van der Waals surface area contributed by atoms with Crippen LogP contribution in [-0.2, 0) is 14.3 Å². The number of aromatic nitrogens is 1. The molecule has 0 aliphatic heterocycles. The van der Waals surface area contributed by atoms with Gasteiger partial charge in [0.2, 0.25) is 0 Å². The first-order valence-corrected chi connectivity index (χ1v) is 8.70. The van der Waals surface area contributed by atoms with Crippen molar-refractivity contribution in [3.63, 3.8) is 0 Å². The fraction of sp³-hybridized carbons (Fsp3) is 0.0952. The van der Waals surface area contributed by atoms with E-state index in [2.05, 4.69) is 10.3 Å². The van der Waals surface area contributed by atoms with Crippen molar-refractivity contribution in [2.24, 2.45) is 0 Å². The average Bonchev–Trinajstić information content (AvgIpc) is 2.68. The van der Waals surface area contributed by atoms with E-state index in [9.17, 15) is 9.59 Å². The van der Waals surface area contributed by atoms with Crippen LogP contribution in [0.1, 0.15) is 12.5 Å². The molecule has 27 heavy (non-hydrogen) atoms. The van der Waals surface area contributed by atoms with Gasteiger partial charge in [0.1, 0.15) is 0 Å². The van der Waals surface area contributed by atoms with E-state index < -0.39 is 18.0 Å². The molecule has 0 fully saturated rings. The van der Waals surface area contributed by atoms with Gasteiger partial charge in [-0.15, -0.1) is 0 Å². The Balaban J connectivity index is 1.63. The molecule has 0 aliphatic carbocycles. The number of pyridine rings is 1. The van der Waals surface area contributed by atoms with Crippen molar-refractivity contribution in [2.75, 3.05) is 5.32 Å². The van der Waals surface area contributed by atoms with E-state index >= 15 is 0 Å². The second kappa shape index (κ2) is 8.47. The zero-order valence-corrected chi connectivity index (χ0v) is 15.3. The van der Waals surface area contributed by atoms with Crippen LogP contribution in [0.4, 0.5) is 5.69 Å². The lowest BCUT2D eigenvalue weighted by Crippen LogP contribution is -2.29. The molecule has 136 valence electrons. The van der Waals surface area contributed by atoms with Crippen molar-refractivity contribution >= 4 is 46.1 Å². The highest BCUT2D eigenvalue weighted by Crippen LogP contribution is 2.21. The van der Waals surface area contributed by atoms with Crippen LogP contribution in [0.3, 0.4) is 0 Å². The zero-order chi connectivity index (χ0) is 19.2. The zero-order valence-electron chi connectivity index (χ0n) is 14.6. The Morgan fingerprint density at radius 3 is 2.70 bits per heavy atom. The van der Waals surface area contributed by atoms with Crippen LogP contribution in [0.2, 0.25) is 5.02 Å². The number of hydrogen-bond acceptors (Lipinski definition) is 4. The van der Waals surface area contributed by atoms with E-state index in [-0.39, 0.29) is 0 Å². The second-order valence-electron chi connectivity index (χ2n) is 5.80. The molecule has 1 heterocycles. The monoisotopic (exact) mass is 380 g/mol. The lowest BCUT2D eigenvalue weighted by atomic mass is 10.1. The SMILES string of the molecule is CC(OC(=O)/C=C/c1cccc2cccnc12)C(=O)Nc1ccccc1Cl. The van der Waals surface area contributed by atoms with Crippen molar-refractivity contribution in [3.8, 4) is 0 Å². The molecule has 0 saturated carbocycles. The first kappa shape index (κ1) is 18.6. The highest BCUT2D eigenvalue weighted by atomic mass is 35.5. The number of anilines is 1. The van der Waals surface area contributed by atoms with Gasteiger partial charge in [-0.3, -0.25) is 9.78 Å². The van der Waals surface area contributed by atoms with Crippen LogP contribution >= 0.6 is 11.6 Å². The Morgan fingerprint density at radius 1 is 1.11 bits per heavy atom. The molecular formula is C21H17ClN2O3.